The van der Waals surface area contributed by atoms with Crippen LogP contribution in [0.4, 0.5) is 0 Å². The maximum Gasteiger partial charge on any atom is 0.331 e. The lowest BCUT2D eigenvalue weighted by molar-refractivity contribution is -0.147. The average Bonchev–Trinajstić information content (AvgIpc) is 2.95. The SMILES string of the molecule is CCC(C)(C(=O)O)n1nnnc1-c1occc1C. The zero-order chi connectivity index (χ0) is 13.3. The molecule has 0 aromatic carbocycles. The highest BCUT2D eigenvalue weighted by Gasteiger charge is 2.38. The number of aryl methyl sites for hydroxylation is 1. The highest BCUT2D eigenvalue weighted by Crippen LogP contribution is 2.28. The predicted molar refractivity (Wildman–Crippen MR) is 61.8 cm³/mol. The van der Waals surface area contributed by atoms with Crippen LogP contribution < -0.4 is 0 Å². The van der Waals surface area contributed by atoms with Crippen LogP contribution in [0.25, 0.3) is 11.6 Å². The van der Waals surface area contributed by atoms with E-state index in [9.17, 15) is 9.90 Å². The average molecular weight is 250 g/mol. The first-order valence-corrected chi connectivity index (χ1v) is 5.57. The fourth-order valence-electron chi connectivity index (χ4n) is 1.65. The molecule has 1 unspecified atom stereocenters. The lowest BCUT2D eigenvalue weighted by atomic mass is 9.99. The Morgan fingerprint density at radius 2 is 2.33 bits per heavy atom. The Balaban J connectivity index is 2.58. The summed E-state index contributed by atoms with van der Waals surface area (Å²) < 4.78 is 6.61. The van der Waals surface area contributed by atoms with E-state index in [2.05, 4.69) is 15.5 Å². The molecule has 2 rings (SSSR count). The molecule has 1 N–H and O–H groups in total. The summed E-state index contributed by atoms with van der Waals surface area (Å²) in [7, 11) is 0. The summed E-state index contributed by atoms with van der Waals surface area (Å²) in [6, 6.07) is 1.78. The van der Waals surface area contributed by atoms with E-state index in [1.165, 1.54) is 10.9 Å². The van der Waals surface area contributed by atoms with Crippen LogP contribution >= 0.6 is 0 Å². The van der Waals surface area contributed by atoms with Crippen LogP contribution in [0.15, 0.2) is 16.7 Å². The lowest BCUT2D eigenvalue weighted by Crippen LogP contribution is -2.39. The Morgan fingerprint density at radius 1 is 1.61 bits per heavy atom. The molecule has 7 heteroatoms. The third-order valence-corrected chi connectivity index (χ3v) is 3.15. The number of furan rings is 1. The van der Waals surface area contributed by atoms with Crippen LogP contribution in [0.2, 0.25) is 0 Å². The van der Waals surface area contributed by atoms with Crippen molar-refractivity contribution in [3.8, 4) is 11.6 Å². The van der Waals surface area contributed by atoms with Gasteiger partial charge in [0, 0.05) is 0 Å². The van der Waals surface area contributed by atoms with Gasteiger partial charge in [-0.1, -0.05) is 6.92 Å². The van der Waals surface area contributed by atoms with Crippen LogP contribution in [-0.2, 0) is 10.3 Å². The van der Waals surface area contributed by atoms with E-state index in [-0.39, 0.29) is 0 Å². The van der Waals surface area contributed by atoms with Gasteiger partial charge in [-0.15, -0.1) is 5.10 Å². The second kappa shape index (κ2) is 4.25. The van der Waals surface area contributed by atoms with Gasteiger partial charge >= 0.3 is 5.97 Å². The van der Waals surface area contributed by atoms with Gasteiger partial charge in [0.1, 0.15) is 0 Å². The molecular weight excluding hydrogens is 236 g/mol. The molecule has 2 heterocycles. The number of rotatable bonds is 4. The minimum atomic E-state index is -1.20. The van der Waals surface area contributed by atoms with Crippen LogP contribution in [0.5, 0.6) is 0 Å². The molecule has 0 aliphatic rings. The number of nitrogens with zero attached hydrogens (tertiary/aromatic N) is 4. The third kappa shape index (κ3) is 1.68. The van der Waals surface area contributed by atoms with Crippen molar-refractivity contribution >= 4 is 5.97 Å². The number of aromatic nitrogens is 4. The molecule has 18 heavy (non-hydrogen) atoms. The van der Waals surface area contributed by atoms with Crippen molar-refractivity contribution in [3.05, 3.63) is 17.9 Å². The molecule has 0 aliphatic carbocycles. The van der Waals surface area contributed by atoms with E-state index in [0.29, 0.717) is 18.0 Å². The van der Waals surface area contributed by atoms with E-state index in [1.54, 1.807) is 19.9 Å². The fraction of sp³-hybridized carbons (Fsp3) is 0.455. The number of carboxylic acid groups (broad SMARTS) is 1. The number of hydrogen-bond donors (Lipinski definition) is 1. The first-order valence-electron chi connectivity index (χ1n) is 5.57. The first-order chi connectivity index (χ1) is 8.50. The molecule has 0 radical (unpaired) electrons. The molecule has 0 bridgehead atoms. The predicted octanol–water partition coefficient (Wildman–Crippen LogP) is 1.45. The molecule has 1 atom stereocenters. The van der Waals surface area contributed by atoms with Gasteiger partial charge in [0.25, 0.3) is 0 Å². The first kappa shape index (κ1) is 12.3. The van der Waals surface area contributed by atoms with Crippen molar-refractivity contribution in [3.63, 3.8) is 0 Å². The number of carboxylic acids is 1. The zero-order valence-electron chi connectivity index (χ0n) is 10.4. The Kier molecular flexibility index (Phi) is 2.90. The second-order valence-electron chi connectivity index (χ2n) is 4.28. The highest BCUT2D eigenvalue weighted by atomic mass is 16.4. The van der Waals surface area contributed by atoms with Crippen molar-refractivity contribution < 1.29 is 14.3 Å². The third-order valence-electron chi connectivity index (χ3n) is 3.15. The number of aliphatic carboxylic acids is 1. The Hall–Kier alpha value is -2.18. The standard InChI is InChI=1S/C11H14N4O3/c1-4-11(3,10(16)17)15-9(12-13-14-15)8-7(2)5-6-18-8/h5-6H,4H2,1-3H3,(H,16,17). The molecule has 96 valence electrons. The van der Waals surface area contributed by atoms with Gasteiger partial charge in [0.2, 0.25) is 5.82 Å². The molecule has 0 aliphatic heterocycles. The van der Waals surface area contributed by atoms with Gasteiger partial charge in [-0.2, -0.15) is 0 Å². The highest BCUT2D eigenvalue weighted by molar-refractivity contribution is 5.76. The summed E-state index contributed by atoms with van der Waals surface area (Å²) >= 11 is 0. The summed E-state index contributed by atoms with van der Waals surface area (Å²) in [5, 5.41) is 20.6. The van der Waals surface area contributed by atoms with Crippen LogP contribution in [0.1, 0.15) is 25.8 Å². The zero-order valence-corrected chi connectivity index (χ0v) is 10.4. The van der Waals surface area contributed by atoms with Gasteiger partial charge in [-0.05, 0) is 42.3 Å². The van der Waals surface area contributed by atoms with Crippen LogP contribution in [-0.4, -0.2) is 31.3 Å². The van der Waals surface area contributed by atoms with Gasteiger partial charge < -0.3 is 9.52 Å². The fourth-order valence-corrected chi connectivity index (χ4v) is 1.65. The minimum absolute atomic E-state index is 0.323. The molecule has 0 fully saturated rings. The largest absolute Gasteiger partial charge is 0.479 e. The molecule has 7 nitrogen and oxygen atoms in total. The topological polar surface area (TPSA) is 94.0 Å². The van der Waals surface area contributed by atoms with Crippen molar-refractivity contribution in [1.29, 1.82) is 0 Å². The Morgan fingerprint density at radius 3 is 2.83 bits per heavy atom. The second-order valence-corrected chi connectivity index (χ2v) is 4.28. The maximum absolute atomic E-state index is 11.4. The van der Waals surface area contributed by atoms with Gasteiger partial charge in [-0.3, -0.25) is 0 Å². The summed E-state index contributed by atoms with van der Waals surface area (Å²) in [6.45, 7) is 5.20. The number of carbonyl (C=O) groups is 1. The number of hydrogen-bond acceptors (Lipinski definition) is 5. The normalized spacial score (nSPS) is 14.4. The molecule has 0 saturated heterocycles. The van der Waals surface area contributed by atoms with Gasteiger partial charge in [0.15, 0.2) is 11.3 Å². The Labute approximate surface area is 103 Å². The van der Waals surface area contributed by atoms with E-state index in [4.69, 9.17) is 4.42 Å². The van der Waals surface area contributed by atoms with Crippen molar-refractivity contribution in [1.82, 2.24) is 20.2 Å². The van der Waals surface area contributed by atoms with Crippen molar-refractivity contribution in [2.45, 2.75) is 32.7 Å². The summed E-state index contributed by atoms with van der Waals surface area (Å²) in [5.74, 6) is -0.173. The molecular formula is C11H14N4O3. The monoisotopic (exact) mass is 250 g/mol. The summed E-state index contributed by atoms with van der Waals surface area (Å²) in [6.07, 6.45) is 1.88. The van der Waals surface area contributed by atoms with E-state index in [1.807, 2.05) is 6.92 Å². The quantitative estimate of drug-likeness (QED) is 0.882. The molecule has 0 spiro atoms. The Bertz CT molecular complexity index is 574. The van der Waals surface area contributed by atoms with E-state index in [0.717, 1.165) is 5.56 Å². The van der Waals surface area contributed by atoms with Gasteiger partial charge in [0.05, 0.1) is 6.26 Å². The van der Waals surface area contributed by atoms with Crippen molar-refractivity contribution in [2.75, 3.05) is 0 Å². The summed E-state index contributed by atoms with van der Waals surface area (Å²) in [4.78, 5) is 11.4. The van der Waals surface area contributed by atoms with Crippen molar-refractivity contribution in [2.24, 2.45) is 0 Å². The molecule has 2 aromatic rings. The van der Waals surface area contributed by atoms with E-state index >= 15 is 0 Å². The van der Waals surface area contributed by atoms with E-state index < -0.39 is 11.5 Å². The molecule has 2 aromatic heterocycles. The molecule has 0 amide bonds. The summed E-state index contributed by atoms with van der Waals surface area (Å²) in [5.41, 5.74) is -0.340. The minimum Gasteiger partial charge on any atom is -0.479 e. The smallest absolute Gasteiger partial charge is 0.331 e. The van der Waals surface area contributed by atoms with Gasteiger partial charge in [-0.25, -0.2) is 9.48 Å². The lowest BCUT2D eigenvalue weighted by Gasteiger charge is -2.23. The number of tetrazole rings is 1. The maximum atomic E-state index is 11.4. The van der Waals surface area contributed by atoms with Crippen LogP contribution in [0, 0.1) is 6.92 Å². The molecule has 0 saturated carbocycles. The van der Waals surface area contributed by atoms with Crippen LogP contribution in [0.3, 0.4) is 0 Å².